The molecule has 10 heteroatoms. The topological polar surface area (TPSA) is 85.5 Å². The molecule has 37 heavy (non-hydrogen) atoms. The number of nitrogens with one attached hydrogen (secondary N) is 1. The quantitative estimate of drug-likeness (QED) is 0.162. The molecule has 8 nitrogen and oxygen atoms in total. The summed E-state index contributed by atoms with van der Waals surface area (Å²) in [7, 11) is 1.56. The molecule has 2 atom stereocenters. The van der Waals surface area contributed by atoms with Crippen LogP contribution >= 0.6 is 28.1 Å². The maximum Gasteiger partial charge on any atom is 0.271 e. The number of nitro groups is 1. The predicted molar refractivity (Wildman–Crippen MR) is 151 cm³/mol. The Morgan fingerprint density at radius 1 is 1.11 bits per heavy atom. The third-order valence-corrected chi connectivity index (χ3v) is 7.45. The molecule has 1 fully saturated rings. The van der Waals surface area contributed by atoms with E-state index in [1.807, 2.05) is 60.9 Å². The number of hydrogen-bond acceptors (Lipinski definition) is 5. The molecule has 1 aliphatic heterocycles. The fourth-order valence-electron chi connectivity index (χ4n) is 4.98. The molecule has 0 radical (unpaired) electrons. The van der Waals surface area contributed by atoms with Crippen molar-refractivity contribution in [1.82, 2.24) is 14.9 Å². The Labute approximate surface area is 228 Å². The molecule has 0 amide bonds. The van der Waals surface area contributed by atoms with Crippen LogP contribution in [-0.2, 0) is 0 Å². The van der Waals surface area contributed by atoms with Gasteiger partial charge in [-0.05, 0) is 80.2 Å². The van der Waals surface area contributed by atoms with E-state index >= 15 is 0 Å². The predicted octanol–water partition coefficient (Wildman–Crippen LogP) is 6.35. The van der Waals surface area contributed by atoms with Crippen LogP contribution in [0.15, 0.2) is 77.4 Å². The summed E-state index contributed by atoms with van der Waals surface area (Å²) in [5.74, 6) is 0.546. The first-order chi connectivity index (χ1) is 17.8. The van der Waals surface area contributed by atoms with Gasteiger partial charge >= 0.3 is 0 Å². The number of non-ortho nitro benzene ring substituents is 1. The highest BCUT2D eigenvalue weighted by Crippen LogP contribution is 2.44. The minimum absolute atomic E-state index is 0.00332. The third kappa shape index (κ3) is 4.47. The van der Waals surface area contributed by atoms with Crippen LogP contribution in [0.2, 0.25) is 0 Å². The van der Waals surface area contributed by atoms with Crippen LogP contribution in [0.3, 0.4) is 0 Å². The lowest BCUT2D eigenvalue weighted by Gasteiger charge is -2.28. The van der Waals surface area contributed by atoms with Gasteiger partial charge in [-0.15, -0.1) is 0 Å². The van der Waals surface area contributed by atoms with E-state index in [0.29, 0.717) is 16.5 Å². The van der Waals surface area contributed by atoms with Crippen molar-refractivity contribution in [1.29, 1.82) is 0 Å². The van der Waals surface area contributed by atoms with Crippen LogP contribution in [0, 0.1) is 24.0 Å². The molecular formula is C27H24BrN5O3S. The number of aromatic nitrogens is 2. The first-order valence-electron chi connectivity index (χ1n) is 11.6. The van der Waals surface area contributed by atoms with Crippen molar-refractivity contribution >= 4 is 44.6 Å². The molecule has 0 aliphatic carbocycles. The van der Waals surface area contributed by atoms with Crippen LogP contribution in [-0.4, -0.2) is 26.7 Å². The lowest BCUT2D eigenvalue weighted by molar-refractivity contribution is -0.384. The summed E-state index contributed by atoms with van der Waals surface area (Å²) in [6.45, 7) is 3.99. The van der Waals surface area contributed by atoms with E-state index in [2.05, 4.69) is 37.2 Å². The minimum Gasteiger partial charge on any atom is -0.495 e. The Hall–Kier alpha value is -3.76. The summed E-state index contributed by atoms with van der Waals surface area (Å²) in [4.78, 5) is 17.9. The summed E-state index contributed by atoms with van der Waals surface area (Å²) < 4.78 is 8.56. The van der Waals surface area contributed by atoms with Gasteiger partial charge in [-0.1, -0.05) is 22.0 Å². The molecular weight excluding hydrogens is 554 g/mol. The largest absolute Gasteiger partial charge is 0.495 e. The number of methoxy groups -OCH3 is 1. The summed E-state index contributed by atoms with van der Waals surface area (Å²) in [5.41, 5.74) is 5.29. The molecule has 0 bridgehead atoms. The highest BCUT2D eigenvalue weighted by atomic mass is 79.9. The van der Waals surface area contributed by atoms with Gasteiger partial charge in [0.15, 0.2) is 5.11 Å². The average molecular weight is 578 g/mol. The highest BCUT2D eigenvalue weighted by Gasteiger charge is 2.42. The zero-order chi connectivity index (χ0) is 26.3. The van der Waals surface area contributed by atoms with Crippen molar-refractivity contribution in [2.75, 3.05) is 12.0 Å². The molecule has 3 heterocycles. The van der Waals surface area contributed by atoms with Crippen molar-refractivity contribution < 1.29 is 9.66 Å². The Balaban J connectivity index is 1.70. The van der Waals surface area contributed by atoms with Gasteiger partial charge in [0.25, 0.3) is 5.69 Å². The van der Waals surface area contributed by atoms with Crippen molar-refractivity contribution in [3.05, 3.63) is 110 Å². The smallest absolute Gasteiger partial charge is 0.271 e. The molecule has 0 spiro atoms. The van der Waals surface area contributed by atoms with Gasteiger partial charge in [0, 0.05) is 39.9 Å². The van der Waals surface area contributed by atoms with E-state index in [1.165, 1.54) is 6.07 Å². The number of rotatable bonds is 6. The summed E-state index contributed by atoms with van der Waals surface area (Å²) in [6, 6.07) is 20.2. The number of nitro benzene ring substituents is 1. The van der Waals surface area contributed by atoms with Gasteiger partial charge in [-0.2, -0.15) is 0 Å². The zero-order valence-electron chi connectivity index (χ0n) is 20.4. The summed E-state index contributed by atoms with van der Waals surface area (Å²) in [5, 5.41) is 15.6. The van der Waals surface area contributed by atoms with E-state index in [-0.39, 0.29) is 17.8 Å². The highest BCUT2D eigenvalue weighted by molar-refractivity contribution is 9.10. The number of pyridine rings is 1. The van der Waals surface area contributed by atoms with Crippen LogP contribution < -0.4 is 15.0 Å². The van der Waals surface area contributed by atoms with Crippen molar-refractivity contribution in [2.24, 2.45) is 0 Å². The molecule has 1 aliphatic rings. The standard InChI is InChI=1S/C27H24BrN5O3S/c1-16-14-21(17(2)31(16)23-15-20(33(34)35)11-12-24(23)36-3)26-25(22-6-4-5-13-29-22)30-27(37)32(26)19-9-7-18(28)8-10-19/h4-15,25-26H,1-3H3,(H,30,37). The second-order valence-electron chi connectivity index (χ2n) is 8.75. The van der Waals surface area contributed by atoms with E-state index in [1.54, 1.807) is 25.4 Å². The fraction of sp³-hybridized carbons (Fsp3) is 0.185. The van der Waals surface area contributed by atoms with E-state index < -0.39 is 4.92 Å². The minimum atomic E-state index is -0.399. The van der Waals surface area contributed by atoms with Crippen molar-refractivity contribution in [2.45, 2.75) is 25.9 Å². The number of thiocarbonyl (C=S) groups is 1. The van der Waals surface area contributed by atoms with Crippen LogP contribution in [0.25, 0.3) is 5.69 Å². The molecule has 5 rings (SSSR count). The van der Waals surface area contributed by atoms with E-state index in [9.17, 15) is 10.1 Å². The normalized spacial score (nSPS) is 17.1. The van der Waals surface area contributed by atoms with Crippen LogP contribution in [0.5, 0.6) is 5.75 Å². The third-order valence-electron chi connectivity index (χ3n) is 6.61. The molecule has 2 unspecified atom stereocenters. The van der Waals surface area contributed by atoms with Crippen LogP contribution in [0.4, 0.5) is 11.4 Å². The van der Waals surface area contributed by atoms with E-state index in [4.69, 9.17) is 17.0 Å². The molecule has 188 valence electrons. The number of halogens is 1. The van der Waals surface area contributed by atoms with E-state index in [0.717, 1.165) is 32.8 Å². The number of nitrogens with zero attached hydrogens (tertiary/aromatic N) is 4. The number of hydrogen-bond donors (Lipinski definition) is 1. The maximum absolute atomic E-state index is 11.5. The summed E-state index contributed by atoms with van der Waals surface area (Å²) in [6.07, 6.45) is 1.77. The van der Waals surface area contributed by atoms with Gasteiger partial charge < -0.3 is 19.5 Å². The number of anilines is 1. The zero-order valence-corrected chi connectivity index (χ0v) is 22.8. The second-order valence-corrected chi connectivity index (χ2v) is 10.1. The first-order valence-corrected chi connectivity index (χ1v) is 12.8. The molecule has 4 aromatic rings. The number of benzene rings is 2. The lowest BCUT2D eigenvalue weighted by Crippen LogP contribution is -2.29. The average Bonchev–Trinajstić information content (AvgIpc) is 3.39. The van der Waals surface area contributed by atoms with Gasteiger partial charge in [0.05, 0.1) is 35.5 Å². The molecule has 1 N–H and O–H groups in total. The molecule has 1 saturated heterocycles. The first kappa shape index (κ1) is 24.9. The SMILES string of the molecule is COc1ccc([N+](=O)[O-])cc1-n1c(C)cc(C2C(c3ccccn3)NC(=S)N2c2ccc(Br)cc2)c1C. The van der Waals surface area contributed by atoms with Gasteiger partial charge in [0.2, 0.25) is 0 Å². The van der Waals surface area contributed by atoms with Gasteiger partial charge in [-0.3, -0.25) is 15.1 Å². The molecule has 2 aromatic carbocycles. The second kappa shape index (κ2) is 9.95. The van der Waals surface area contributed by atoms with Crippen molar-refractivity contribution in [3.8, 4) is 11.4 Å². The Kier molecular flexibility index (Phi) is 6.70. The van der Waals surface area contributed by atoms with Gasteiger partial charge in [-0.25, -0.2) is 0 Å². The lowest BCUT2D eigenvalue weighted by atomic mass is 9.96. The number of aryl methyl sites for hydroxylation is 1. The Morgan fingerprint density at radius 2 is 1.86 bits per heavy atom. The number of ether oxygens (including phenoxy) is 1. The molecule has 2 aromatic heterocycles. The van der Waals surface area contributed by atoms with Crippen LogP contribution in [0.1, 0.15) is 34.7 Å². The van der Waals surface area contributed by atoms with Crippen molar-refractivity contribution in [3.63, 3.8) is 0 Å². The Bertz CT molecular complexity index is 1490. The summed E-state index contributed by atoms with van der Waals surface area (Å²) >= 11 is 9.36. The van der Waals surface area contributed by atoms with Gasteiger partial charge in [0.1, 0.15) is 5.75 Å². The Morgan fingerprint density at radius 3 is 2.51 bits per heavy atom. The maximum atomic E-state index is 11.5. The monoisotopic (exact) mass is 577 g/mol. The fourth-order valence-corrected chi connectivity index (χ4v) is 5.59. The molecule has 0 saturated carbocycles.